The average molecular weight is 375 g/mol. The Hall–Kier alpha value is -2.42. The van der Waals surface area contributed by atoms with Crippen LogP contribution in [-0.4, -0.2) is 62.4 Å². The molecule has 1 amide bonds. The standard InChI is InChI=1S/C17H21N5O3S/c1-12-5-6-13(2)14(9-12)22-17(18-19-20-22)26-11-16(24)25-10-15(23)21-7-3-4-8-21/h5-6,9H,3-4,7-8,10-11H2,1-2H3. The molecule has 8 nitrogen and oxygen atoms in total. The summed E-state index contributed by atoms with van der Waals surface area (Å²) in [6, 6.07) is 6.01. The number of carbonyl (C=O) groups is 2. The van der Waals surface area contributed by atoms with E-state index in [0.717, 1.165) is 42.7 Å². The summed E-state index contributed by atoms with van der Waals surface area (Å²) >= 11 is 1.18. The first-order valence-electron chi connectivity index (χ1n) is 8.47. The molecule has 0 N–H and O–H groups in total. The van der Waals surface area contributed by atoms with Crippen molar-refractivity contribution in [2.24, 2.45) is 0 Å². The van der Waals surface area contributed by atoms with Crippen molar-refractivity contribution in [3.8, 4) is 5.69 Å². The van der Waals surface area contributed by atoms with Crippen LogP contribution >= 0.6 is 11.8 Å². The van der Waals surface area contributed by atoms with E-state index in [1.807, 2.05) is 32.0 Å². The first-order chi connectivity index (χ1) is 12.5. The van der Waals surface area contributed by atoms with Gasteiger partial charge in [0.2, 0.25) is 5.16 Å². The number of nitrogens with zero attached hydrogens (tertiary/aromatic N) is 5. The predicted molar refractivity (Wildman–Crippen MR) is 96.1 cm³/mol. The summed E-state index contributed by atoms with van der Waals surface area (Å²) in [7, 11) is 0. The molecule has 0 bridgehead atoms. The fraction of sp³-hybridized carbons (Fsp3) is 0.471. The van der Waals surface area contributed by atoms with Gasteiger partial charge in [-0.3, -0.25) is 9.59 Å². The average Bonchev–Trinajstić information content (AvgIpc) is 3.31. The van der Waals surface area contributed by atoms with Gasteiger partial charge >= 0.3 is 5.97 Å². The SMILES string of the molecule is Cc1ccc(C)c(-n2nnnc2SCC(=O)OCC(=O)N2CCCC2)c1. The Morgan fingerprint density at radius 3 is 2.77 bits per heavy atom. The van der Waals surface area contributed by atoms with Crippen LogP contribution in [0.3, 0.4) is 0 Å². The zero-order chi connectivity index (χ0) is 18.5. The molecule has 0 aliphatic carbocycles. The van der Waals surface area contributed by atoms with Gasteiger partial charge in [0.1, 0.15) is 0 Å². The third kappa shape index (κ3) is 4.40. The zero-order valence-electron chi connectivity index (χ0n) is 14.8. The van der Waals surface area contributed by atoms with Crippen LogP contribution in [0.2, 0.25) is 0 Å². The van der Waals surface area contributed by atoms with Crippen molar-refractivity contribution in [2.45, 2.75) is 31.8 Å². The lowest BCUT2D eigenvalue weighted by Crippen LogP contribution is -2.32. The molecular weight excluding hydrogens is 354 g/mol. The molecule has 9 heteroatoms. The van der Waals surface area contributed by atoms with Gasteiger partial charge in [0.05, 0.1) is 11.4 Å². The molecule has 1 aromatic heterocycles. The highest BCUT2D eigenvalue weighted by Crippen LogP contribution is 2.21. The minimum absolute atomic E-state index is 0.0402. The molecule has 2 heterocycles. The summed E-state index contributed by atoms with van der Waals surface area (Å²) in [5, 5.41) is 12.2. The van der Waals surface area contributed by atoms with Gasteiger partial charge in [-0.2, -0.15) is 4.68 Å². The van der Waals surface area contributed by atoms with Gasteiger partial charge in [-0.25, -0.2) is 0 Å². The van der Waals surface area contributed by atoms with Crippen LogP contribution in [0.5, 0.6) is 0 Å². The van der Waals surface area contributed by atoms with E-state index in [-0.39, 0.29) is 18.3 Å². The second-order valence-electron chi connectivity index (χ2n) is 6.20. The summed E-state index contributed by atoms with van der Waals surface area (Å²) in [5.41, 5.74) is 3.00. The van der Waals surface area contributed by atoms with Gasteiger partial charge < -0.3 is 9.64 Å². The van der Waals surface area contributed by atoms with Gasteiger partial charge in [-0.05, 0) is 54.3 Å². The number of thioether (sulfide) groups is 1. The van der Waals surface area contributed by atoms with Crippen molar-refractivity contribution in [2.75, 3.05) is 25.4 Å². The molecule has 0 spiro atoms. The molecule has 0 radical (unpaired) electrons. The number of hydrogen-bond acceptors (Lipinski definition) is 7. The van der Waals surface area contributed by atoms with Gasteiger partial charge in [0, 0.05) is 13.1 Å². The van der Waals surface area contributed by atoms with Crippen molar-refractivity contribution >= 4 is 23.6 Å². The molecular formula is C17H21N5O3S. The van der Waals surface area contributed by atoms with Gasteiger partial charge in [-0.15, -0.1) is 5.10 Å². The fourth-order valence-electron chi connectivity index (χ4n) is 2.73. The molecule has 138 valence electrons. The lowest BCUT2D eigenvalue weighted by molar-refractivity contribution is -0.149. The molecule has 1 fully saturated rings. The third-order valence-corrected chi connectivity index (χ3v) is 5.06. The van der Waals surface area contributed by atoms with E-state index in [2.05, 4.69) is 15.5 Å². The molecule has 0 unspecified atom stereocenters. The largest absolute Gasteiger partial charge is 0.455 e. The van der Waals surface area contributed by atoms with E-state index in [9.17, 15) is 9.59 Å². The number of likely N-dealkylation sites (tertiary alicyclic amines) is 1. The summed E-state index contributed by atoms with van der Waals surface area (Å²) in [4.78, 5) is 25.6. The minimum Gasteiger partial charge on any atom is -0.455 e. The van der Waals surface area contributed by atoms with Crippen LogP contribution in [0.1, 0.15) is 24.0 Å². The first-order valence-corrected chi connectivity index (χ1v) is 9.45. The Labute approximate surface area is 155 Å². The minimum atomic E-state index is -0.460. The van der Waals surface area contributed by atoms with Crippen LogP contribution in [0.4, 0.5) is 0 Å². The highest BCUT2D eigenvalue weighted by molar-refractivity contribution is 7.99. The number of hydrogen-bond donors (Lipinski definition) is 0. The maximum atomic E-state index is 11.9. The summed E-state index contributed by atoms with van der Waals surface area (Å²) < 4.78 is 6.68. The molecule has 1 saturated heterocycles. The number of tetrazole rings is 1. The number of rotatable bonds is 6. The Bertz CT molecular complexity index is 801. The molecule has 1 aliphatic heterocycles. The van der Waals surface area contributed by atoms with Crippen LogP contribution in [0.25, 0.3) is 5.69 Å². The number of ether oxygens (including phenoxy) is 1. The van der Waals surface area contributed by atoms with E-state index in [1.165, 1.54) is 11.8 Å². The van der Waals surface area contributed by atoms with E-state index < -0.39 is 5.97 Å². The predicted octanol–water partition coefficient (Wildman–Crippen LogP) is 1.54. The molecule has 2 aromatic rings. The summed E-state index contributed by atoms with van der Waals surface area (Å²) in [6.45, 7) is 5.25. The molecule has 1 aromatic carbocycles. The van der Waals surface area contributed by atoms with Crippen LogP contribution in [-0.2, 0) is 14.3 Å². The van der Waals surface area contributed by atoms with Gasteiger partial charge in [0.15, 0.2) is 6.61 Å². The van der Waals surface area contributed by atoms with Crippen LogP contribution in [0, 0.1) is 13.8 Å². The van der Waals surface area contributed by atoms with Crippen molar-refractivity contribution in [3.63, 3.8) is 0 Å². The van der Waals surface area contributed by atoms with Crippen molar-refractivity contribution in [1.29, 1.82) is 0 Å². The maximum absolute atomic E-state index is 11.9. The maximum Gasteiger partial charge on any atom is 0.316 e. The van der Waals surface area contributed by atoms with E-state index in [4.69, 9.17) is 4.74 Å². The Morgan fingerprint density at radius 2 is 2.00 bits per heavy atom. The van der Waals surface area contributed by atoms with Gasteiger partial charge in [-0.1, -0.05) is 23.9 Å². The summed E-state index contributed by atoms with van der Waals surface area (Å²) in [5.74, 6) is -0.558. The van der Waals surface area contributed by atoms with E-state index >= 15 is 0 Å². The second-order valence-corrected chi connectivity index (χ2v) is 7.14. The molecule has 0 atom stereocenters. The van der Waals surface area contributed by atoms with E-state index in [0.29, 0.717) is 5.16 Å². The van der Waals surface area contributed by atoms with Crippen molar-refractivity contribution in [1.82, 2.24) is 25.1 Å². The lowest BCUT2D eigenvalue weighted by atomic mass is 10.1. The number of amides is 1. The van der Waals surface area contributed by atoms with Crippen LogP contribution < -0.4 is 0 Å². The monoisotopic (exact) mass is 375 g/mol. The molecule has 1 aliphatic rings. The fourth-order valence-corrected chi connectivity index (χ4v) is 3.41. The highest BCUT2D eigenvalue weighted by Gasteiger charge is 2.20. The lowest BCUT2D eigenvalue weighted by Gasteiger charge is -2.14. The van der Waals surface area contributed by atoms with E-state index in [1.54, 1.807) is 9.58 Å². The first kappa shape index (κ1) is 18.4. The van der Waals surface area contributed by atoms with Gasteiger partial charge in [0.25, 0.3) is 5.91 Å². The smallest absolute Gasteiger partial charge is 0.316 e. The Kier molecular flexibility index (Phi) is 5.87. The quantitative estimate of drug-likeness (QED) is 0.559. The number of aryl methyl sites for hydroxylation is 2. The van der Waals surface area contributed by atoms with Crippen molar-refractivity contribution < 1.29 is 14.3 Å². The second kappa shape index (κ2) is 8.31. The summed E-state index contributed by atoms with van der Waals surface area (Å²) in [6.07, 6.45) is 2.02. The number of carbonyl (C=O) groups excluding carboxylic acids is 2. The third-order valence-electron chi connectivity index (χ3n) is 4.17. The Balaban J connectivity index is 1.55. The number of aromatic nitrogens is 4. The highest BCUT2D eigenvalue weighted by atomic mass is 32.2. The normalized spacial score (nSPS) is 13.8. The zero-order valence-corrected chi connectivity index (χ0v) is 15.7. The number of esters is 1. The van der Waals surface area contributed by atoms with Crippen LogP contribution in [0.15, 0.2) is 23.4 Å². The number of benzene rings is 1. The van der Waals surface area contributed by atoms with Crippen molar-refractivity contribution in [3.05, 3.63) is 29.3 Å². The molecule has 26 heavy (non-hydrogen) atoms. The topological polar surface area (TPSA) is 90.2 Å². The Morgan fingerprint density at radius 1 is 1.23 bits per heavy atom. The molecule has 3 rings (SSSR count). The molecule has 0 saturated carbocycles.